The quantitative estimate of drug-likeness (QED) is 0.107. The molecule has 0 aliphatic carbocycles. The van der Waals surface area contributed by atoms with Crippen LogP contribution in [-0.2, 0) is 71.8 Å². The molecule has 11 aromatic rings. The van der Waals surface area contributed by atoms with Gasteiger partial charge in [0.05, 0.1) is 0 Å². The van der Waals surface area contributed by atoms with Crippen LogP contribution in [0.4, 0.5) is 0 Å². The van der Waals surface area contributed by atoms with Gasteiger partial charge in [-0.15, -0.1) is 0 Å². The molecular formula is C111H198N8Y2-4. The van der Waals surface area contributed by atoms with Crippen LogP contribution < -0.4 is 10.6 Å². The van der Waals surface area contributed by atoms with E-state index < -0.39 is 0 Å². The third-order valence-corrected chi connectivity index (χ3v) is 13.2. The summed E-state index contributed by atoms with van der Waals surface area (Å²) in [4.78, 5) is 21.5. The second-order valence-corrected chi connectivity index (χ2v) is 24.3. The van der Waals surface area contributed by atoms with Crippen LogP contribution in [0.25, 0.3) is 32.9 Å². The van der Waals surface area contributed by atoms with Crippen LogP contribution in [0, 0.1) is 56.3 Å². The van der Waals surface area contributed by atoms with Crippen LogP contribution in [0.5, 0.6) is 0 Å². The molecule has 0 spiro atoms. The summed E-state index contributed by atoms with van der Waals surface area (Å²) in [6.07, 6.45) is 26.7. The first-order valence-electron chi connectivity index (χ1n) is 45.6. The number of para-hydroxylation sites is 2. The molecule has 10 heteroatoms. The Morgan fingerprint density at radius 1 is 0.306 bits per heavy atom. The van der Waals surface area contributed by atoms with Gasteiger partial charge in [0.15, 0.2) is 0 Å². The first kappa shape index (κ1) is 156. The summed E-state index contributed by atoms with van der Waals surface area (Å²) < 4.78 is 0. The molecule has 0 fully saturated rings. The number of aromatic amines is 2. The number of benzene rings is 6. The van der Waals surface area contributed by atoms with Crippen molar-refractivity contribution in [3.05, 3.63) is 319 Å². The minimum absolute atomic E-state index is 0. The zero-order valence-electron chi connectivity index (χ0n) is 87.0. The molecule has 692 valence electrons. The number of rotatable bonds is 9. The molecule has 0 saturated heterocycles. The maximum Gasteiger partial charge on any atom is 0.0456 e. The number of hydrogen-bond acceptors (Lipinski definition) is 6. The van der Waals surface area contributed by atoms with Crippen molar-refractivity contribution in [2.75, 3.05) is 14.1 Å². The Balaban J connectivity index is -0.0000000637. The summed E-state index contributed by atoms with van der Waals surface area (Å²) in [7, 11) is 3.90. The van der Waals surface area contributed by atoms with Crippen LogP contribution in [-0.4, -0.2) is 56.1 Å². The molecule has 6 aromatic carbocycles. The van der Waals surface area contributed by atoms with E-state index in [0.29, 0.717) is 12.1 Å². The Hall–Kier alpha value is -6.09. The van der Waals surface area contributed by atoms with Gasteiger partial charge in [0.1, 0.15) is 0 Å². The van der Waals surface area contributed by atoms with Gasteiger partial charge < -0.3 is 47.3 Å². The van der Waals surface area contributed by atoms with Crippen LogP contribution in [0.2, 0.25) is 0 Å². The summed E-state index contributed by atoms with van der Waals surface area (Å²) in [5.41, 5.74) is 6.46. The fraction of sp³-hybridized carbons (Fsp3) is 0.477. The van der Waals surface area contributed by atoms with Crippen LogP contribution in [0.15, 0.2) is 286 Å². The number of pyridine rings is 2. The number of aromatic nitrogens is 6. The number of nitrogens with zero attached hydrogens (tertiary/aromatic N) is 4. The second-order valence-electron chi connectivity index (χ2n) is 24.3. The Morgan fingerprint density at radius 2 is 0.521 bits per heavy atom. The van der Waals surface area contributed by atoms with Crippen molar-refractivity contribution in [2.24, 2.45) is 29.6 Å². The van der Waals surface area contributed by atoms with Crippen molar-refractivity contribution in [1.29, 1.82) is 0 Å². The summed E-state index contributed by atoms with van der Waals surface area (Å²) in [5, 5.41) is 8.71. The molecule has 8 nitrogen and oxygen atoms in total. The Kier molecular flexibility index (Phi) is 199. The van der Waals surface area contributed by atoms with Crippen LogP contribution in [0.3, 0.4) is 0 Å². The molecule has 0 bridgehead atoms. The zero-order valence-corrected chi connectivity index (χ0v) is 92.7. The molecule has 0 saturated carbocycles. The monoisotopic (exact) mass is 1820 g/mol. The largest absolute Gasteiger partial charge is 0.361 e. The van der Waals surface area contributed by atoms with Gasteiger partial charge in [-0.25, -0.2) is 0 Å². The second kappa shape index (κ2) is 155. The van der Waals surface area contributed by atoms with Gasteiger partial charge in [-0.1, -0.05) is 437 Å². The predicted octanol–water partition coefficient (Wildman–Crippen LogP) is 36.3. The van der Waals surface area contributed by atoms with Crippen molar-refractivity contribution >= 4 is 21.8 Å². The van der Waals surface area contributed by atoms with Crippen molar-refractivity contribution in [2.45, 2.75) is 315 Å². The average molecular weight is 1820 g/mol. The molecular weight excluding hydrogens is 1620 g/mol. The Morgan fingerprint density at radius 3 is 0.727 bits per heavy atom. The van der Waals surface area contributed by atoms with E-state index in [0.717, 1.165) is 29.6 Å². The molecule has 1 atom stereocenters. The minimum Gasteiger partial charge on any atom is -0.361 e. The molecule has 0 amide bonds. The summed E-state index contributed by atoms with van der Waals surface area (Å²) >= 11 is 0. The van der Waals surface area contributed by atoms with Gasteiger partial charge in [-0.3, -0.25) is 19.9 Å². The average Bonchev–Trinajstić information content (AvgIpc) is 1.70. The maximum absolute atomic E-state index is 3.78. The molecule has 1 unspecified atom stereocenters. The number of fused-ring (bicyclic) bond motifs is 2. The van der Waals surface area contributed by atoms with Crippen molar-refractivity contribution in [3.63, 3.8) is 0 Å². The number of hydrogen-bond donors (Lipinski definition) is 4. The van der Waals surface area contributed by atoms with Crippen molar-refractivity contribution in [3.8, 4) is 11.1 Å². The van der Waals surface area contributed by atoms with E-state index in [1.165, 1.54) is 64.2 Å². The van der Waals surface area contributed by atoms with Gasteiger partial charge in [0, 0.05) is 156 Å². The topological polar surface area (TPSA) is 107 Å². The van der Waals surface area contributed by atoms with E-state index in [9.17, 15) is 0 Å². The van der Waals surface area contributed by atoms with E-state index in [1.807, 2.05) is 319 Å². The molecule has 0 aliphatic heterocycles. The first-order chi connectivity index (χ1) is 57.8. The standard InChI is InChI=1S/C14H19N.C12H10.C8H7N.2C6H6.2C5H5N.3C5H12.C4H4N2.2C4H11N.2C3H7.9C2H6.2C2H5.2Y/c1-10(2)11(3)8-12-9-15-14-7-5-4-6-13(12)14;1-3-7-11(8-4-1)12-9-5-2-6-10-12;1-2-4-8-7(3-1)5-6-9-8;4*1-2-4-6-5-3-1;3*1-4-5(2)3;1-2-6-4-3-5-1;2*1-4(2)5-3;2*1-3-2;11*1-2;;/h4-7,9-11,15H,8H2,1-3H3;1-10H;1-6,9H;2*1-6H;2*1-5H;3*5H,4H2,1-3H3;1-4H;2*4-5H,1-3H3;2*3H,1-2H3;9*1-2H3;2*1H2,2H3;;/q;;;;;;;;;;;;;2*-1;;;;;;;;;;2*-1;;. The Bertz CT molecular complexity index is 2680. The molecule has 2 radical (unpaired) electrons. The summed E-state index contributed by atoms with van der Waals surface area (Å²) in [6.45, 7) is 89.3. The molecule has 0 aliphatic rings. The smallest absolute Gasteiger partial charge is 0.0456 e. The van der Waals surface area contributed by atoms with Crippen LogP contribution >= 0.6 is 0 Å². The van der Waals surface area contributed by atoms with Crippen molar-refractivity contribution in [1.82, 2.24) is 40.5 Å². The first-order valence-corrected chi connectivity index (χ1v) is 45.6. The van der Waals surface area contributed by atoms with Gasteiger partial charge in [-0.05, 0) is 115 Å². The third-order valence-electron chi connectivity index (χ3n) is 13.2. The summed E-state index contributed by atoms with van der Waals surface area (Å²) in [5.74, 6) is 4.14. The molecule has 4 N–H and O–H groups in total. The molecule has 5 heterocycles. The summed E-state index contributed by atoms with van der Waals surface area (Å²) in [6, 6.07) is 76.3. The van der Waals surface area contributed by atoms with E-state index in [2.05, 4.69) is 262 Å². The minimum atomic E-state index is 0. The van der Waals surface area contributed by atoms with Crippen LogP contribution in [0.1, 0.15) is 302 Å². The third kappa shape index (κ3) is 146. The van der Waals surface area contributed by atoms with E-state index in [4.69, 9.17) is 0 Å². The van der Waals surface area contributed by atoms with E-state index >= 15 is 0 Å². The predicted molar refractivity (Wildman–Crippen MR) is 559 cm³/mol. The van der Waals surface area contributed by atoms with Gasteiger partial charge in [0.2, 0.25) is 0 Å². The zero-order chi connectivity index (χ0) is 95.2. The Labute approximate surface area is 808 Å². The van der Waals surface area contributed by atoms with Gasteiger partial charge in [0.25, 0.3) is 0 Å². The van der Waals surface area contributed by atoms with E-state index in [-0.39, 0.29) is 65.4 Å². The SMILES string of the molecule is CC.CC.CC.CC.CC.CC.CC.CC.CC.CC(C)C(C)Cc1c[nH]c2ccccc12.CCC(C)C.CCC(C)C.CCC(C)C.CNC(C)C.CNC(C)C.C[CH-]C.C[CH-]C.[CH2-]C.[CH2-]C.[Y].[Y].c1ccc(-c2ccccc2)cc1.c1ccc2[nH]ccc2c1.c1ccccc1.c1ccccc1.c1ccncc1.c1ccncc1.c1cnccn1. The van der Waals surface area contributed by atoms with E-state index in [1.54, 1.807) is 63.4 Å². The maximum atomic E-state index is 3.78. The van der Waals surface area contributed by atoms with Gasteiger partial charge >= 0.3 is 0 Å². The fourth-order valence-corrected chi connectivity index (χ4v) is 5.79. The fourth-order valence-electron chi connectivity index (χ4n) is 5.79. The molecule has 121 heavy (non-hydrogen) atoms. The number of H-pyrrole nitrogens is 2. The normalized spacial score (nSPS) is 8.21. The number of nitrogens with one attached hydrogen (secondary N) is 4. The van der Waals surface area contributed by atoms with Crippen molar-refractivity contribution < 1.29 is 65.4 Å². The molecule has 5 aromatic heterocycles. The van der Waals surface area contributed by atoms with Gasteiger partial charge in [-0.2, -0.15) is 41.5 Å². The molecule has 11 rings (SSSR count).